The number of carbonyl (C=O) groups is 1. The first-order valence-electron chi connectivity index (χ1n) is 5.02. The van der Waals surface area contributed by atoms with Crippen LogP contribution in [0.2, 0.25) is 0 Å². The predicted molar refractivity (Wildman–Crippen MR) is 61.6 cm³/mol. The lowest BCUT2D eigenvalue weighted by molar-refractivity contribution is 0.0963. The number of carbonyl (C=O) groups excluding carboxylic acids is 1. The smallest absolute Gasteiger partial charge is 0.251 e. The molecule has 1 N–H and O–H groups in total. The number of benzene rings is 1. The highest BCUT2D eigenvalue weighted by Gasteiger charge is 2.01. The first-order chi connectivity index (χ1) is 7.27. The Balaban J connectivity index is 2.57. The van der Waals surface area contributed by atoms with Crippen LogP contribution in [0.5, 0.6) is 0 Å². The van der Waals surface area contributed by atoms with Crippen molar-refractivity contribution in [2.75, 3.05) is 7.05 Å². The summed E-state index contributed by atoms with van der Waals surface area (Å²) in [6, 6.07) is 7.62. The summed E-state index contributed by atoms with van der Waals surface area (Å²) in [5.41, 5.74) is 1.91. The zero-order valence-electron chi connectivity index (χ0n) is 8.92. The SMILES string of the molecule is C#CCCCc1ccc(C(=O)NC)cc1. The Kier molecular flexibility index (Phi) is 4.43. The second-order valence-electron chi connectivity index (χ2n) is 3.33. The number of terminal acetylenes is 1. The average Bonchev–Trinajstić information content (AvgIpc) is 2.29. The molecule has 0 fully saturated rings. The fraction of sp³-hybridized carbons (Fsp3) is 0.308. The van der Waals surface area contributed by atoms with Crippen molar-refractivity contribution in [1.29, 1.82) is 0 Å². The zero-order valence-corrected chi connectivity index (χ0v) is 8.92. The lowest BCUT2D eigenvalue weighted by atomic mass is 10.1. The summed E-state index contributed by atoms with van der Waals surface area (Å²) in [5.74, 6) is 2.56. The molecule has 0 aliphatic heterocycles. The van der Waals surface area contributed by atoms with Gasteiger partial charge in [-0.2, -0.15) is 0 Å². The summed E-state index contributed by atoms with van der Waals surface area (Å²) < 4.78 is 0. The Morgan fingerprint density at radius 1 is 1.40 bits per heavy atom. The minimum atomic E-state index is -0.0508. The third-order valence-corrected chi connectivity index (χ3v) is 2.23. The van der Waals surface area contributed by atoms with Crippen LogP contribution in [0.4, 0.5) is 0 Å². The topological polar surface area (TPSA) is 29.1 Å². The van der Waals surface area contributed by atoms with Crippen LogP contribution in [0, 0.1) is 12.3 Å². The van der Waals surface area contributed by atoms with E-state index >= 15 is 0 Å². The maximum absolute atomic E-state index is 11.2. The molecule has 15 heavy (non-hydrogen) atoms. The van der Waals surface area contributed by atoms with Gasteiger partial charge in [-0.05, 0) is 30.5 Å². The van der Waals surface area contributed by atoms with Crippen molar-refractivity contribution in [2.24, 2.45) is 0 Å². The fourth-order valence-electron chi connectivity index (χ4n) is 1.36. The van der Waals surface area contributed by atoms with Crippen LogP contribution in [-0.4, -0.2) is 13.0 Å². The summed E-state index contributed by atoms with van der Waals surface area (Å²) >= 11 is 0. The molecule has 1 amide bonds. The van der Waals surface area contributed by atoms with Gasteiger partial charge in [-0.15, -0.1) is 12.3 Å². The molecule has 2 nitrogen and oxygen atoms in total. The van der Waals surface area contributed by atoms with Gasteiger partial charge >= 0.3 is 0 Å². The maximum Gasteiger partial charge on any atom is 0.251 e. The van der Waals surface area contributed by atoms with Gasteiger partial charge in [0.25, 0.3) is 5.91 Å². The molecule has 0 unspecified atom stereocenters. The molecule has 0 aliphatic carbocycles. The van der Waals surface area contributed by atoms with E-state index in [1.165, 1.54) is 5.56 Å². The van der Waals surface area contributed by atoms with Crippen molar-refractivity contribution < 1.29 is 4.79 Å². The normalized spacial score (nSPS) is 9.33. The number of hydrogen-bond donors (Lipinski definition) is 1. The highest BCUT2D eigenvalue weighted by Crippen LogP contribution is 2.07. The number of nitrogens with one attached hydrogen (secondary N) is 1. The quantitative estimate of drug-likeness (QED) is 0.586. The molecule has 1 rings (SSSR count). The first-order valence-corrected chi connectivity index (χ1v) is 5.02. The second-order valence-corrected chi connectivity index (χ2v) is 3.33. The fourth-order valence-corrected chi connectivity index (χ4v) is 1.36. The molecule has 0 aliphatic rings. The largest absolute Gasteiger partial charge is 0.355 e. The highest BCUT2D eigenvalue weighted by atomic mass is 16.1. The van der Waals surface area contributed by atoms with Crippen molar-refractivity contribution in [3.8, 4) is 12.3 Å². The Hall–Kier alpha value is -1.75. The van der Waals surface area contributed by atoms with Crippen LogP contribution in [0.1, 0.15) is 28.8 Å². The van der Waals surface area contributed by atoms with Gasteiger partial charge in [-0.1, -0.05) is 12.1 Å². The number of unbranched alkanes of at least 4 members (excludes halogenated alkanes) is 1. The van der Waals surface area contributed by atoms with Gasteiger partial charge in [-0.3, -0.25) is 4.79 Å². The highest BCUT2D eigenvalue weighted by molar-refractivity contribution is 5.93. The van der Waals surface area contributed by atoms with E-state index in [-0.39, 0.29) is 5.91 Å². The van der Waals surface area contributed by atoms with E-state index in [4.69, 9.17) is 6.42 Å². The number of amides is 1. The monoisotopic (exact) mass is 201 g/mol. The summed E-state index contributed by atoms with van der Waals surface area (Å²) in [4.78, 5) is 11.2. The lowest BCUT2D eigenvalue weighted by Crippen LogP contribution is -2.17. The molecule has 78 valence electrons. The Bertz CT molecular complexity index is 359. The molecule has 0 bridgehead atoms. The minimum absolute atomic E-state index is 0.0508. The van der Waals surface area contributed by atoms with E-state index in [1.807, 2.05) is 24.3 Å². The molecular formula is C13H15NO. The summed E-state index contributed by atoms with van der Waals surface area (Å²) in [6.07, 6.45) is 7.94. The van der Waals surface area contributed by atoms with Crippen molar-refractivity contribution >= 4 is 5.91 Å². The molecule has 0 aromatic heterocycles. The van der Waals surface area contributed by atoms with Gasteiger partial charge in [0.1, 0.15) is 0 Å². The Morgan fingerprint density at radius 3 is 2.60 bits per heavy atom. The van der Waals surface area contributed by atoms with Gasteiger partial charge in [0.2, 0.25) is 0 Å². The Morgan fingerprint density at radius 2 is 2.07 bits per heavy atom. The second kappa shape index (κ2) is 5.87. The molecular weight excluding hydrogens is 186 g/mol. The van der Waals surface area contributed by atoms with E-state index in [0.29, 0.717) is 5.56 Å². The van der Waals surface area contributed by atoms with E-state index in [9.17, 15) is 4.79 Å². The molecule has 1 aromatic rings. The van der Waals surface area contributed by atoms with Gasteiger partial charge < -0.3 is 5.32 Å². The average molecular weight is 201 g/mol. The van der Waals surface area contributed by atoms with Gasteiger partial charge in [0.15, 0.2) is 0 Å². The van der Waals surface area contributed by atoms with Crippen LogP contribution >= 0.6 is 0 Å². The molecule has 2 heteroatoms. The van der Waals surface area contributed by atoms with Crippen LogP contribution in [0.15, 0.2) is 24.3 Å². The summed E-state index contributed by atoms with van der Waals surface area (Å²) in [5, 5.41) is 2.59. The standard InChI is InChI=1S/C13H15NO/c1-3-4-5-6-11-7-9-12(10-8-11)13(15)14-2/h1,7-10H,4-6H2,2H3,(H,14,15). The van der Waals surface area contributed by atoms with E-state index in [2.05, 4.69) is 11.2 Å². The molecule has 0 heterocycles. The summed E-state index contributed by atoms with van der Waals surface area (Å²) in [6.45, 7) is 0. The van der Waals surface area contributed by atoms with Crippen LogP contribution in [0.25, 0.3) is 0 Å². The van der Waals surface area contributed by atoms with E-state index in [0.717, 1.165) is 19.3 Å². The van der Waals surface area contributed by atoms with Gasteiger partial charge in [0.05, 0.1) is 0 Å². The molecule has 0 atom stereocenters. The lowest BCUT2D eigenvalue weighted by Gasteiger charge is -2.02. The zero-order chi connectivity index (χ0) is 11.1. The maximum atomic E-state index is 11.2. The number of rotatable bonds is 4. The Labute approximate surface area is 90.7 Å². The van der Waals surface area contributed by atoms with Crippen molar-refractivity contribution in [2.45, 2.75) is 19.3 Å². The first kappa shape index (κ1) is 11.3. The van der Waals surface area contributed by atoms with Crippen LogP contribution < -0.4 is 5.32 Å². The van der Waals surface area contributed by atoms with E-state index in [1.54, 1.807) is 7.05 Å². The minimum Gasteiger partial charge on any atom is -0.355 e. The molecule has 0 radical (unpaired) electrons. The molecule has 1 aromatic carbocycles. The van der Waals surface area contributed by atoms with Crippen molar-refractivity contribution in [3.05, 3.63) is 35.4 Å². The van der Waals surface area contributed by atoms with Crippen molar-refractivity contribution in [3.63, 3.8) is 0 Å². The molecule has 0 saturated heterocycles. The molecule has 0 saturated carbocycles. The van der Waals surface area contributed by atoms with Crippen LogP contribution in [-0.2, 0) is 6.42 Å². The van der Waals surface area contributed by atoms with E-state index < -0.39 is 0 Å². The van der Waals surface area contributed by atoms with Crippen molar-refractivity contribution in [1.82, 2.24) is 5.32 Å². The predicted octanol–water partition coefficient (Wildman–Crippen LogP) is 2.00. The van der Waals surface area contributed by atoms with Gasteiger partial charge in [-0.25, -0.2) is 0 Å². The molecule has 0 spiro atoms. The van der Waals surface area contributed by atoms with Crippen LogP contribution in [0.3, 0.4) is 0 Å². The third-order valence-electron chi connectivity index (χ3n) is 2.23. The third kappa shape index (κ3) is 3.47. The number of hydrogen-bond acceptors (Lipinski definition) is 1. The van der Waals surface area contributed by atoms with Gasteiger partial charge in [0, 0.05) is 19.0 Å². The summed E-state index contributed by atoms with van der Waals surface area (Å²) in [7, 11) is 1.63. The number of aryl methyl sites for hydroxylation is 1.